The van der Waals surface area contributed by atoms with Gasteiger partial charge < -0.3 is 5.32 Å². The Hall–Kier alpha value is -0.530. The van der Waals surface area contributed by atoms with Gasteiger partial charge in [0.1, 0.15) is 5.51 Å². The van der Waals surface area contributed by atoms with Gasteiger partial charge >= 0.3 is 0 Å². The first-order valence-corrected chi connectivity index (χ1v) is 6.52. The fraction of sp³-hybridized carbons (Fsp3) is 0.125. The second-order valence-electron chi connectivity index (χ2n) is 2.68. The van der Waals surface area contributed by atoms with Crippen molar-refractivity contribution < 1.29 is 0 Å². The van der Waals surface area contributed by atoms with E-state index in [9.17, 15) is 0 Å². The predicted molar refractivity (Wildman–Crippen MR) is 66.9 cm³/mol. The van der Waals surface area contributed by atoms with Crippen LogP contribution in [0.15, 0.2) is 26.7 Å². The Labute approximate surface area is 107 Å². The van der Waals surface area contributed by atoms with E-state index in [1.54, 1.807) is 11.7 Å². The molecule has 7 heteroatoms. The zero-order valence-electron chi connectivity index (χ0n) is 7.44. The molecule has 0 radical (unpaired) electrons. The van der Waals surface area contributed by atoms with Crippen molar-refractivity contribution >= 4 is 48.3 Å². The lowest BCUT2D eigenvalue weighted by atomic mass is 10.3. The molecule has 0 saturated heterocycles. The van der Waals surface area contributed by atoms with Crippen molar-refractivity contribution in [1.29, 1.82) is 0 Å². The van der Waals surface area contributed by atoms with Crippen LogP contribution in [0.2, 0.25) is 0 Å². The summed E-state index contributed by atoms with van der Waals surface area (Å²) < 4.78 is 1.92. The molecule has 78 valence electrons. The molecule has 0 amide bonds. The lowest BCUT2D eigenvalue weighted by Gasteiger charge is -2.04. The summed E-state index contributed by atoms with van der Waals surface area (Å²) in [4.78, 5) is 4.28. The Morgan fingerprint density at radius 2 is 2.27 bits per heavy atom. The molecule has 0 bridgehead atoms. The first-order valence-electron chi connectivity index (χ1n) is 4.05. The molecule has 2 aromatic heterocycles. The van der Waals surface area contributed by atoms with E-state index in [4.69, 9.17) is 0 Å². The lowest BCUT2D eigenvalue weighted by Crippen LogP contribution is -2.02. The van der Waals surface area contributed by atoms with Gasteiger partial charge in [-0.3, -0.25) is 4.98 Å². The summed E-state index contributed by atoms with van der Waals surface area (Å²) in [5.41, 5.74) is 2.63. The van der Waals surface area contributed by atoms with Gasteiger partial charge in [0.05, 0.1) is 12.2 Å². The maximum Gasteiger partial charge on any atom is 0.205 e. The van der Waals surface area contributed by atoms with Gasteiger partial charge in [-0.05, 0) is 37.9 Å². The minimum absolute atomic E-state index is 0.628. The van der Waals surface area contributed by atoms with E-state index in [1.165, 1.54) is 11.3 Å². The summed E-state index contributed by atoms with van der Waals surface area (Å²) in [5.74, 6) is 0. The zero-order chi connectivity index (χ0) is 10.7. The van der Waals surface area contributed by atoms with Crippen molar-refractivity contribution in [3.8, 4) is 0 Å². The van der Waals surface area contributed by atoms with E-state index in [1.807, 2.05) is 6.07 Å². The monoisotopic (exact) mass is 348 g/mol. The van der Waals surface area contributed by atoms with E-state index in [-0.39, 0.29) is 0 Å². The van der Waals surface area contributed by atoms with Crippen LogP contribution >= 0.6 is 43.2 Å². The fourth-order valence-corrected chi connectivity index (χ4v) is 2.55. The molecule has 0 aliphatic carbocycles. The minimum atomic E-state index is 0.628. The van der Waals surface area contributed by atoms with E-state index in [0.717, 1.165) is 19.8 Å². The van der Waals surface area contributed by atoms with Crippen molar-refractivity contribution in [1.82, 2.24) is 15.2 Å². The zero-order valence-corrected chi connectivity index (χ0v) is 11.4. The first-order chi connectivity index (χ1) is 7.25. The summed E-state index contributed by atoms with van der Waals surface area (Å²) in [5, 5.41) is 11.6. The molecule has 0 spiro atoms. The van der Waals surface area contributed by atoms with Crippen LogP contribution in [0.25, 0.3) is 0 Å². The maximum absolute atomic E-state index is 4.28. The Morgan fingerprint density at radius 1 is 1.40 bits per heavy atom. The highest BCUT2D eigenvalue weighted by molar-refractivity contribution is 9.11. The highest BCUT2D eigenvalue weighted by Crippen LogP contribution is 2.20. The summed E-state index contributed by atoms with van der Waals surface area (Å²) in [6.45, 7) is 0.628. The van der Waals surface area contributed by atoms with E-state index in [2.05, 4.69) is 52.4 Å². The third-order valence-electron chi connectivity index (χ3n) is 1.65. The molecule has 0 unspecified atom stereocenters. The average Bonchev–Trinajstić information content (AvgIpc) is 2.69. The molecule has 1 N–H and O–H groups in total. The first kappa shape index (κ1) is 11.0. The molecule has 2 rings (SSSR count). The highest BCUT2D eigenvalue weighted by atomic mass is 79.9. The number of rotatable bonds is 3. The maximum atomic E-state index is 4.28. The normalized spacial score (nSPS) is 10.3. The molecule has 0 atom stereocenters. The Kier molecular flexibility index (Phi) is 3.66. The molecule has 2 heterocycles. The molecule has 0 aliphatic rings. The second-order valence-corrected chi connectivity index (χ2v) is 5.28. The SMILES string of the molecule is Brc1cnc(CNc2nncs2)c(Br)c1. The predicted octanol–water partition coefficient (Wildman–Crippen LogP) is 3.07. The van der Waals surface area contributed by atoms with Crippen molar-refractivity contribution in [2.24, 2.45) is 0 Å². The third-order valence-corrected chi connectivity index (χ3v) is 3.42. The quantitative estimate of drug-likeness (QED) is 0.925. The van der Waals surface area contributed by atoms with Gasteiger partial charge in [-0.2, -0.15) is 0 Å². The van der Waals surface area contributed by atoms with Gasteiger partial charge in [-0.25, -0.2) is 0 Å². The summed E-state index contributed by atoms with van der Waals surface area (Å²) >= 11 is 8.26. The van der Waals surface area contributed by atoms with Crippen molar-refractivity contribution in [3.05, 3.63) is 32.4 Å². The number of halogens is 2. The molecule has 0 fully saturated rings. The number of nitrogens with one attached hydrogen (secondary N) is 1. The van der Waals surface area contributed by atoms with Gasteiger partial charge in [0.15, 0.2) is 0 Å². The highest BCUT2D eigenvalue weighted by Gasteiger charge is 2.03. The van der Waals surface area contributed by atoms with Crippen LogP contribution in [0.5, 0.6) is 0 Å². The largest absolute Gasteiger partial charge is 0.354 e. The molecule has 2 aromatic rings. The van der Waals surface area contributed by atoms with Crippen LogP contribution in [0, 0.1) is 0 Å². The van der Waals surface area contributed by atoms with Gasteiger partial charge in [0, 0.05) is 15.1 Å². The number of nitrogens with zero attached hydrogens (tertiary/aromatic N) is 3. The molecular formula is C8H6Br2N4S. The van der Waals surface area contributed by atoms with Crippen LogP contribution in [-0.2, 0) is 6.54 Å². The second kappa shape index (κ2) is 5.00. The van der Waals surface area contributed by atoms with E-state index in [0.29, 0.717) is 6.54 Å². The molecule has 0 aromatic carbocycles. The van der Waals surface area contributed by atoms with Crippen LogP contribution in [0.4, 0.5) is 5.13 Å². The van der Waals surface area contributed by atoms with Gasteiger partial charge in [-0.15, -0.1) is 10.2 Å². The topological polar surface area (TPSA) is 50.7 Å². The fourth-order valence-electron chi connectivity index (χ4n) is 0.982. The molecule has 0 aliphatic heterocycles. The average molecular weight is 350 g/mol. The van der Waals surface area contributed by atoms with E-state index >= 15 is 0 Å². The van der Waals surface area contributed by atoms with Gasteiger partial charge in [-0.1, -0.05) is 11.3 Å². The summed E-state index contributed by atoms with van der Waals surface area (Å²) in [6.07, 6.45) is 1.77. The standard InChI is InChI=1S/C8H6Br2N4S/c9-5-1-6(10)7(11-2-5)3-12-8-14-13-4-15-8/h1-2,4H,3H2,(H,12,14). The van der Waals surface area contributed by atoms with Crippen LogP contribution < -0.4 is 5.32 Å². The molecule has 15 heavy (non-hydrogen) atoms. The minimum Gasteiger partial charge on any atom is -0.354 e. The number of aromatic nitrogens is 3. The number of pyridine rings is 1. The lowest BCUT2D eigenvalue weighted by molar-refractivity contribution is 1.00. The number of hydrogen-bond donors (Lipinski definition) is 1. The molecule has 0 saturated carbocycles. The molecular weight excluding hydrogens is 344 g/mol. The number of hydrogen-bond acceptors (Lipinski definition) is 5. The van der Waals surface area contributed by atoms with E-state index < -0.39 is 0 Å². The smallest absolute Gasteiger partial charge is 0.205 e. The summed E-state index contributed by atoms with van der Waals surface area (Å²) in [7, 11) is 0. The van der Waals surface area contributed by atoms with Crippen LogP contribution in [-0.4, -0.2) is 15.2 Å². The third kappa shape index (κ3) is 2.96. The van der Waals surface area contributed by atoms with Crippen molar-refractivity contribution in [2.45, 2.75) is 6.54 Å². The van der Waals surface area contributed by atoms with Crippen LogP contribution in [0.3, 0.4) is 0 Å². The Balaban J connectivity index is 2.05. The van der Waals surface area contributed by atoms with Crippen molar-refractivity contribution in [3.63, 3.8) is 0 Å². The Morgan fingerprint density at radius 3 is 2.93 bits per heavy atom. The molecule has 4 nitrogen and oxygen atoms in total. The Bertz CT molecular complexity index is 446. The summed E-state index contributed by atoms with van der Waals surface area (Å²) in [6, 6.07) is 1.96. The number of anilines is 1. The van der Waals surface area contributed by atoms with Gasteiger partial charge in [0.25, 0.3) is 0 Å². The van der Waals surface area contributed by atoms with Crippen molar-refractivity contribution in [2.75, 3.05) is 5.32 Å². The van der Waals surface area contributed by atoms with Crippen LogP contribution in [0.1, 0.15) is 5.69 Å². The van der Waals surface area contributed by atoms with Gasteiger partial charge in [0.2, 0.25) is 5.13 Å².